The summed E-state index contributed by atoms with van der Waals surface area (Å²) in [6, 6.07) is 17.4. The lowest BCUT2D eigenvalue weighted by atomic mass is 10.00. The van der Waals surface area contributed by atoms with Crippen molar-refractivity contribution in [3.63, 3.8) is 0 Å². The summed E-state index contributed by atoms with van der Waals surface area (Å²) in [5, 5.41) is 2.78. The van der Waals surface area contributed by atoms with E-state index in [0.29, 0.717) is 16.8 Å². The number of anilines is 1. The zero-order chi connectivity index (χ0) is 25.5. The molecule has 1 N–H and O–H groups in total. The van der Waals surface area contributed by atoms with E-state index in [9.17, 15) is 18.4 Å². The number of aryl methyl sites for hydroxylation is 1. The highest BCUT2D eigenvalue weighted by atomic mass is 19.1. The second-order valence-corrected chi connectivity index (χ2v) is 8.14. The maximum absolute atomic E-state index is 13.7. The highest BCUT2D eigenvalue weighted by Gasteiger charge is 2.33. The minimum Gasteiger partial charge on any atom is -0.324 e. The van der Waals surface area contributed by atoms with Gasteiger partial charge in [0, 0.05) is 24.6 Å². The highest BCUT2D eigenvalue weighted by molar-refractivity contribution is 6.00. The van der Waals surface area contributed by atoms with Gasteiger partial charge in [-0.05, 0) is 59.5 Å². The Hall–Kier alpha value is -4.46. The molecule has 0 radical (unpaired) electrons. The van der Waals surface area contributed by atoms with Crippen molar-refractivity contribution in [3.05, 3.63) is 125 Å². The number of aromatic nitrogens is 2. The Morgan fingerprint density at radius 3 is 2.06 bits per heavy atom. The fraction of sp³-hybridized carbons (Fsp3) is 0.143. The van der Waals surface area contributed by atoms with Crippen molar-refractivity contribution in [2.24, 2.45) is 0 Å². The van der Waals surface area contributed by atoms with E-state index in [1.165, 1.54) is 59.9 Å². The first-order chi connectivity index (χ1) is 17.4. The van der Waals surface area contributed by atoms with Crippen LogP contribution in [0, 0.1) is 11.6 Å². The molecule has 6 nitrogen and oxygen atoms in total. The fourth-order valence-corrected chi connectivity index (χ4v) is 3.78. The minimum absolute atomic E-state index is 0.00667. The van der Waals surface area contributed by atoms with Gasteiger partial charge in [0.2, 0.25) is 0 Å². The van der Waals surface area contributed by atoms with E-state index in [1.54, 1.807) is 24.3 Å². The van der Waals surface area contributed by atoms with E-state index in [1.807, 2.05) is 19.1 Å². The van der Waals surface area contributed by atoms with Crippen molar-refractivity contribution in [1.82, 2.24) is 14.9 Å². The molecule has 1 atom stereocenters. The molecule has 182 valence electrons. The Kier molecular flexibility index (Phi) is 7.75. The van der Waals surface area contributed by atoms with Gasteiger partial charge in [0.25, 0.3) is 11.8 Å². The third-order valence-corrected chi connectivity index (χ3v) is 5.68. The first-order valence-corrected chi connectivity index (χ1v) is 11.4. The summed E-state index contributed by atoms with van der Waals surface area (Å²) in [5.74, 6) is -1.86. The molecule has 0 fully saturated rings. The van der Waals surface area contributed by atoms with Crippen LogP contribution in [0.15, 0.2) is 91.4 Å². The number of rotatable bonds is 8. The van der Waals surface area contributed by atoms with Gasteiger partial charge < -0.3 is 10.2 Å². The molecule has 0 saturated carbocycles. The number of amides is 2. The van der Waals surface area contributed by atoms with Gasteiger partial charge in [-0.3, -0.25) is 14.6 Å². The van der Waals surface area contributed by atoms with Gasteiger partial charge in [-0.1, -0.05) is 43.3 Å². The first kappa shape index (κ1) is 24.7. The van der Waals surface area contributed by atoms with E-state index in [0.717, 1.165) is 12.0 Å². The van der Waals surface area contributed by atoms with Crippen LogP contribution in [0.4, 0.5) is 14.5 Å². The number of carbonyl (C=O) groups excluding carboxylic acids is 2. The van der Waals surface area contributed by atoms with Gasteiger partial charge in [0.1, 0.15) is 23.4 Å². The largest absolute Gasteiger partial charge is 0.324 e. The molecule has 36 heavy (non-hydrogen) atoms. The normalized spacial score (nSPS) is 11.5. The number of hydrogen-bond acceptors (Lipinski definition) is 4. The maximum atomic E-state index is 13.7. The quantitative estimate of drug-likeness (QED) is 0.365. The number of nitrogens with one attached hydrogen (secondary N) is 1. The molecule has 0 aliphatic rings. The topological polar surface area (TPSA) is 75.2 Å². The van der Waals surface area contributed by atoms with Gasteiger partial charge in [-0.15, -0.1) is 0 Å². The van der Waals surface area contributed by atoms with Crippen molar-refractivity contribution >= 4 is 17.5 Å². The molecule has 4 aromatic rings. The smallest absolute Gasteiger partial charge is 0.275 e. The Bertz CT molecular complexity index is 1310. The summed E-state index contributed by atoms with van der Waals surface area (Å²) in [5.41, 5.74) is 2.71. The Morgan fingerprint density at radius 2 is 1.47 bits per heavy atom. The standard InChI is InChI=1S/C28H24F2N4O2/c1-2-19-3-7-21(8-4-19)26(27(35)33-24-13-11-23(30)12-14-24)34(18-20-5-9-22(29)10-6-20)28(36)25-17-31-15-16-32-25/h3-17,26H,2,18H2,1H3,(H,33,35). The molecule has 0 bridgehead atoms. The number of hydrogen-bond donors (Lipinski definition) is 1. The van der Waals surface area contributed by atoms with Gasteiger partial charge in [0.05, 0.1) is 6.20 Å². The van der Waals surface area contributed by atoms with E-state index >= 15 is 0 Å². The lowest BCUT2D eigenvalue weighted by Gasteiger charge is -2.31. The summed E-state index contributed by atoms with van der Waals surface area (Å²) in [4.78, 5) is 36.8. The number of carbonyl (C=O) groups is 2. The van der Waals surface area contributed by atoms with Crippen LogP contribution in [-0.2, 0) is 17.8 Å². The molecule has 4 rings (SSSR count). The summed E-state index contributed by atoms with van der Waals surface area (Å²) in [6.07, 6.45) is 4.98. The Morgan fingerprint density at radius 1 is 0.861 bits per heavy atom. The van der Waals surface area contributed by atoms with Crippen LogP contribution in [0.1, 0.15) is 40.1 Å². The van der Waals surface area contributed by atoms with Gasteiger partial charge in [0.15, 0.2) is 0 Å². The summed E-state index contributed by atoms with van der Waals surface area (Å²) in [7, 11) is 0. The monoisotopic (exact) mass is 486 g/mol. The van der Waals surface area contributed by atoms with Crippen LogP contribution in [0.2, 0.25) is 0 Å². The second kappa shape index (κ2) is 11.3. The third-order valence-electron chi connectivity index (χ3n) is 5.68. The Labute approximate surface area is 207 Å². The average Bonchev–Trinajstić information content (AvgIpc) is 2.91. The molecular weight excluding hydrogens is 462 g/mol. The number of nitrogens with zero attached hydrogens (tertiary/aromatic N) is 3. The molecule has 8 heteroatoms. The Balaban J connectivity index is 1.78. The van der Waals surface area contributed by atoms with Crippen molar-refractivity contribution in [2.45, 2.75) is 25.9 Å². The molecule has 0 spiro atoms. The average molecular weight is 487 g/mol. The maximum Gasteiger partial charge on any atom is 0.275 e. The van der Waals surface area contributed by atoms with E-state index < -0.39 is 29.5 Å². The predicted octanol–water partition coefficient (Wildman–Crippen LogP) is 5.34. The zero-order valence-electron chi connectivity index (χ0n) is 19.6. The summed E-state index contributed by atoms with van der Waals surface area (Å²) >= 11 is 0. The lowest BCUT2D eigenvalue weighted by Crippen LogP contribution is -2.41. The van der Waals surface area contributed by atoms with Crippen LogP contribution in [0.3, 0.4) is 0 Å². The molecular formula is C28H24F2N4O2. The van der Waals surface area contributed by atoms with Crippen molar-refractivity contribution < 1.29 is 18.4 Å². The van der Waals surface area contributed by atoms with Gasteiger partial charge in [-0.2, -0.15) is 0 Å². The fourth-order valence-electron chi connectivity index (χ4n) is 3.78. The van der Waals surface area contributed by atoms with Crippen molar-refractivity contribution in [3.8, 4) is 0 Å². The van der Waals surface area contributed by atoms with Crippen LogP contribution < -0.4 is 5.32 Å². The van der Waals surface area contributed by atoms with Gasteiger partial charge >= 0.3 is 0 Å². The first-order valence-electron chi connectivity index (χ1n) is 11.4. The molecule has 0 aliphatic heterocycles. The van der Waals surface area contributed by atoms with Crippen LogP contribution in [0.25, 0.3) is 0 Å². The molecule has 3 aromatic carbocycles. The van der Waals surface area contributed by atoms with Crippen LogP contribution >= 0.6 is 0 Å². The van der Waals surface area contributed by atoms with Crippen LogP contribution in [0.5, 0.6) is 0 Å². The summed E-state index contributed by atoms with van der Waals surface area (Å²) < 4.78 is 27.0. The van der Waals surface area contributed by atoms with E-state index in [2.05, 4.69) is 15.3 Å². The van der Waals surface area contributed by atoms with E-state index in [-0.39, 0.29) is 12.2 Å². The highest BCUT2D eigenvalue weighted by Crippen LogP contribution is 2.27. The zero-order valence-corrected chi connectivity index (χ0v) is 19.6. The predicted molar refractivity (Wildman–Crippen MR) is 132 cm³/mol. The molecule has 0 saturated heterocycles. The van der Waals surface area contributed by atoms with Gasteiger partial charge in [-0.25, -0.2) is 13.8 Å². The third kappa shape index (κ3) is 5.96. The summed E-state index contributed by atoms with van der Waals surface area (Å²) in [6.45, 7) is 2.03. The lowest BCUT2D eigenvalue weighted by molar-refractivity contribution is -0.121. The van der Waals surface area contributed by atoms with Crippen molar-refractivity contribution in [1.29, 1.82) is 0 Å². The SMILES string of the molecule is CCc1ccc(C(C(=O)Nc2ccc(F)cc2)N(Cc2ccc(F)cc2)C(=O)c2cnccn2)cc1. The van der Waals surface area contributed by atoms with Crippen LogP contribution in [-0.4, -0.2) is 26.7 Å². The molecule has 1 heterocycles. The molecule has 2 amide bonds. The molecule has 1 unspecified atom stereocenters. The van der Waals surface area contributed by atoms with E-state index in [4.69, 9.17) is 0 Å². The molecule has 0 aliphatic carbocycles. The second-order valence-electron chi connectivity index (χ2n) is 8.14. The van der Waals surface area contributed by atoms with Crippen molar-refractivity contribution in [2.75, 3.05) is 5.32 Å². The number of benzene rings is 3. The molecule has 1 aromatic heterocycles. The number of halogens is 2. The minimum atomic E-state index is -1.07.